The highest BCUT2D eigenvalue weighted by atomic mass is 35.5. The van der Waals surface area contributed by atoms with E-state index in [0.29, 0.717) is 5.69 Å². The van der Waals surface area contributed by atoms with Gasteiger partial charge in [-0.1, -0.05) is 32.4 Å². The number of nitrogens with zero attached hydrogens (tertiary/aromatic N) is 1. The van der Waals surface area contributed by atoms with Crippen LogP contribution in [0, 0.1) is 5.41 Å². The summed E-state index contributed by atoms with van der Waals surface area (Å²) in [6, 6.07) is 4.22. The van der Waals surface area contributed by atoms with Crippen LogP contribution in [0.4, 0.5) is 5.69 Å². The number of sulfonamides is 1. The molecule has 6 heteroatoms. The molecule has 0 spiro atoms. The summed E-state index contributed by atoms with van der Waals surface area (Å²) in [5.41, 5.74) is 5.81. The summed E-state index contributed by atoms with van der Waals surface area (Å²) in [5, 5.41) is 0.248. The molecule has 0 heterocycles. The van der Waals surface area contributed by atoms with E-state index in [4.69, 9.17) is 17.3 Å². The van der Waals surface area contributed by atoms with Crippen molar-refractivity contribution in [2.24, 2.45) is 5.41 Å². The van der Waals surface area contributed by atoms with E-state index in [1.54, 1.807) is 7.05 Å². The van der Waals surface area contributed by atoms with Crippen LogP contribution < -0.4 is 5.73 Å². The molecular formula is C13H21ClN2O2S. The van der Waals surface area contributed by atoms with E-state index in [0.717, 1.165) is 0 Å². The summed E-state index contributed by atoms with van der Waals surface area (Å²) in [4.78, 5) is 0.158. The highest BCUT2D eigenvalue weighted by molar-refractivity contribution is 7.89. The van der Waals surface area contributed by atoms with Gasteiger partial charge in [-0.25, -0.2) is 8.42 Å². The normalized spacial score (nSPS) is 14.7. The molecule has 0 saturated heterocycles. The summed E-state index contributed by atoms with van der Waals surface area (Å²) < 4.78 is 26.4. The molecular weight excluding hydrogens is 284 g/mol. The Morgan fingerprint density at radius 2 is 1.84 bits per heavy atom. The summed E-state index contributed by atoms with van der Waals surface area (Å²) in [5.74, 6) is 0. The lowest BCUT2D eigenvalue weighted by Gasteiger charge is -2.34. The fraction of sp³-hybridized carbons (Fsp3) is 0.538. The van der Waals surface area contributed by atoms with E-state index in [-0.39, 0.29) is 21.4 Å². The largest absolute Gasteiger partial charge is 0.398 e. The molecule has 1 atom stereocenters. The maximum atomic E-state index is 12.5. The Bertz CT molecular complexity index is 564. The van der Waals surface area contributed by atoms with Crippen LogP contribution >= 0.6 is 11.6 Å². The molecule has 0 radical (unpaired) electrons. The van der Waals surface area contributed by atoms with Gasteiger partial charge in [0.25, 0.3) is 0 Å². The molecule has 1 aromatic rings. The zero-order valence-electron chi connectivity index (χ0n) is 11.9. The molecule has 4 nitrogen and oxygen atoms in total. The Hall–Kier alpha value is -0.780. The van der Waals surface area contributed by atoms with Gasteiger partial charge >= 0.3 is 0 Å². The van der Waals surface area contributed by atoms with Crippen molar-refractivity contribution >= 4 is 27.3 Å². The van der Waals surface area contributed by atoms with Crippen LogP contribution in [0.15, 0.2) is 23.1 Å². The first kappa shape index (κ1) is 16.3. The second-order valence-electron chi connectivity index (χ2n) is 5.75. The van der Waals surface area contributed by atoms with Gasteiger partial charge in [-0.3, -0.25) is 0 Å². The van der Waals surface area contributed by atoms with E-state index in [9.17, 15) is 8.42 Å². The van der Waals surface area contributed by atoms with Crippen LogP contribution in [0.2, 0.25) is 5.02 Å². The van der Waals surface area contributed by atoms with E-state index in [2.05, 4.69) is 0 Å². The predicted molar refractivity (Wildman–Crippen MR) is 79.7 cm³/mol. The topological polar surface area (TPSA) is 63.4 Å². The van der Waals surface area contributed by atoms with Crippen molar-refractivity contribution in [1.29, 1.82) is 0 Å². The third-order valence-corrected chi connectivity index (χ3v) is 5.70. The van der Waals surface area contributed by atoms with Crippen LogP contribution in [0.3, 0.4) is 0 Å². The highest BCUT2D eigenvalue weighted by Crippen LogP contribution is 2.29. The number of hydrogen-bond acceptors (Lipinski definition) is 3. The third-order valence-electron chi connectivity index (χ3n) is 3.45. The fourth-order valence-corrected chi connectivity index (χ4v) is 3.41. The third kappa shape index (κ3) is 3.41. The molecule has 1 unspecified atom stereocenters. The Morgan fingerprint density at radius 3 is 2.26 bits per heavy atom. The number of nitrogens with two attached hydrogens (primary N) is 1. The molecule has 0 saturated carbocycles. The SMILES string of the molecule is CC(N(C)S(=O)(=O)c1ccc(N)c(Cl)c1)C(C)(C)C. The van der Waals surface area contributed by atoms with Crippen LogP contribution in [-0.4, -0.2) is 25.8 Å². The lowest BCUT2D eigenvalue weighted by molar-refractivity contribution is 0.216. The first-order valence-electron chi connectivity index (χ1n) is 6.01. The number of halogens is 1. The van der Waals surface area contributed by atoms with Gasteiger partial charge in [-0.2, -0.15) is 4.31 Å². The number of rotatable bonds is 3. The highest BCUT2D eigenvalue weighted by Gasteiger charge is 2.32. The standard InChI is InChI=1S/C13H21ClN2O2S/c1-9(13(2,3)4)16(5)19(17,18)10-6-7-12(15)11(14)8-10/h6-9H,15H2,1-5H3. The Labute approximate surface area is 120 Å². The number of anilines is 1. The van der Waals surface area contributed by atoms with Crippen molar-refractivity contribution in [3.8, 4) is 0 Å². The Morgan fingerprint density at radius 1 is 1.32 bits per heavy atom. The van der Waals surface area contributed by atoms with Gasteiger partial charge in [0.2, 0.25) is 10.0 Å². The van der Waals surface area contributed by atoms with Gasteiger partial charge in [-0.05, 0) is 30.5 Å². The van der Waals surface area contributed by atoms with Gasteiger partial charge in [0, 0.05) is 13.1 Å². The van der Waals surface area contributed by atoms with Crippen molar-refractivity contribution < 1.29 is 8.42 Å². The summed E-state index contributed by atoms with van der Waals surface area (Å²) >= 11 is 5.89. The average molecular weight is 305 g/mol. The van der Waals surface area contributed by atoms with E-state index >= 15 is 0 Å². The number of benzene rings is 1. The maximum absolute atomic E-state index is 12.5. The first-order chi connectivity index (χ1) is 8.48. The molecule has 0 fully saturated rings. The molecule has 0 aliphatic carbocycles. The minimum atomic E-state index is -3.57. The van der Waals surface area contributed by atoms with E-state index in [1.807, 2.05) is 27.7 Å². The first-order valence-corrected chi connectivity index (χ1v) is 7.83. The zero-order chi connectivity index (χ0) is 15.0. The van der Waals surface area contributed by atoms with Crippen LogP contribution in [0.25, 0.3) is 0 Å². The molecule has 0 aliphatic rings. The van der Waals surface area contributed by atoms with E-state index < -0.39 is 10.0 Å². The predicted octanol–water partition coefficient (Wildman–Crippen LogP) is 2.98. The van der Waals surface area contributed by atoms with Crippen molar-refractivity contribution in [3.05, 3.63) is 23.2 Å². The molecule has 0 amide bonds. The summed E-state index contributed by atoms with van der Waals surface area (Å²) in [6.07, 6.45) is 0. The van der Waals surface area contributed by atoms with Crippen molar-refractivity contribution in [3.63, 3.8) is 0 Å². The van der Waals surface area contributed by atoms with E-state index in [1.165, 1.54) is 22.5 Å². The molecule has 108 valence electrons. The second-order valence-corrected chi connectivity index (χ2v) is 8.15. The smallest absolute Gasteiger partial charge is 0.243 e. The molecule has 1 rings (SSSR count). The maximum Gasteiger partial charge on any atom is 0.243 e. The van der Waals surface area contributed by atoms with Gasteiger partial charge in [0.1, 0.15) is 0 Å². The number of hydrogen-bond donors (Lipinski definition) is 1. The van der Waals surface area contributed by atoms with Gasteiger partial charge in [0.15, 0.2) is 0 Å². The molecule has 0 aliphatic heterocycles. The van der Waals surface area contributed by atoms with Gasteiger partial charge in [-0.15, -0.1) is 0 Å². The van der Waals surface area contributed by atoms with Crippen LogP contribution in [0.1, 0.15) is 27.7 Å². The second kappa shape index (κ2) is 5.31. The van der Waals surface area contributed by atoms with Crippen molar-refractivity contribution in [2.75, 3.05) is 12.8 Å². The summed E-state index contributed by atoms with van der Waals surface area (Å²) in [6.45, 7) is 7.88. The molecule has 2 N–H and O–H groups in total. The van der Waals surface area contributed by atoms with Crippen molar-refractivity contribution in [1.82, 2.24) is 4.31 Å². The van der Waals surface area contributed by atoms with Gasteiger partial charge in [0.05, 0.1) is 15.6 Å². The Balaban J connectivity index is 3.20. The zero-order valence-corrected chi connectivity index (χ0v) is 13.5. The summed E-state index contributed by atoms with van der Waals surface area (Å²) in [7, 11) is -1.99. The molecule has 19 heavy (non-hydrogen) atoms. The van der Waals surface area contributed by atoms with Crippen LogP contribution in [-0.2, 0) is 10.0 Å². The van der Waals surface area contributed by atoms with Crippen LogP contribution in [0.5, 0.6) is 0 Å². The number of nitrogen functional groups attached to an aromatic ring is 1. The quantitative estimate of drug-likeness (QED) is 0.873. The minimum Gasteiger partial charge on any atom is -0.398 e. The fourth-order valence-electron chi connectivity index (χ4n) is 1.59. The molecule has 1 aromatic carbocycles. The lowest BCUT2D eigenvalue weighted by atomic mass is 9.88. The Kier molecular flexibility index (Phi) is 4.55. The van der Waals surface area contributed by atoms with Crippen molar-refractivity contribution in [2.45, 2.75) is 38.6 Å². The molecule has 0 aromatic heterocycles. The average Bonchev–Trinajstić information content (AvgIpc) is 2.29. The monoisotopic (exact) mass is 304 g/mol. The lowest BCUT2D eigenvalue weighted by Crippen LogP contribution is -2.42. The van der Waals surface area contributed by atoms with Gasteiger partial charge < -0.3 is 5.73 Å². The molecule has 0 bridgehead atoms. The minimum absolute atomic E-state index is 0.145.